The number of nitrogens with zero attached hydrogens (tertiary/aromatic N) is 4. The van der Waals surface area contributed by atoms with Crippen LogP contribution in [0.2, 0.25) is 0 Å². The van der Waals surface area contributed by atoms with Gasteiger partial charge in [-0.1, -0.05) is 20.8 Å². The molecule has 0 spiro atoms. The Morgan fingerprint density at radius 1 is 1.48 bits per heavy atom. The van der Waals surface area contributed by atoms with E-state index in [4.69, 9.17) is 4.74 Å². The molecule has 1 amide bonds. The van der Waals surface area contributed by atoms with Crippen molar-refractivity contribution < 1.29 is 9.53 Å². The fourth-order valence-electron chi connectivity index (χ4n) is 2.43. The lowest BCUT2D eigenvalue weighted by Crippen LogP contribution is -2.29. The number of rotatable bonds is 4. The summed E-state index contributed by atoms with van der Waals surface area (Å²) in [6, 6.07) is 0. The molecular weight excluding hydrogens is 314 g/mol. The molecule has 0 unspecified atom stereocenters. The normalized spacial score (nSPS) is 21.5. The summed E-state index contributed by atoms with van der Waals surface area (Å²) in [6.45, 7) is 6.85. The molecule has 1 fully saturated rings. The van der Waals surface area contributed by atoms with Crippen LogP contribution < -0.4 is 5.32 Å². The molecule has 3 rings (SSSR count). The van der Waals surface area contributed by atoms with Crippen LogP contribution in [0.4, 0.5) is 5.13 Å². The van der Waals surface area contributed by atoms with Crippen molar-refractivity contribution in [2.24, 2.45) is 0 Å². The van der Waals surface area contributed by atoms with E-state index in [-0.39, 0.29) is 17.4 Å². The highest BCUT2D eigenvalue weighted by Crippen LogP contribution is 2.25. The maximum atomic E-state index is 12.3. The Morgan fingerprint density at radius 3 is 2.96 bits per heavy atom. The predicted octanol–water partition coefficient (Wildman–Crippen LogP) is 2.22. The number of imidazole rings is 1. The third-order valence-electron chi connectivity index (χ3n) is 3.70. The number of hydrogen-bond acceptors (Lipinski definition) is 6. The van der Waals surface area contributed by atoms with Crippen LogP contribution in [0.1, 0.15) is 39.4 Å². The van der Waals surface area contributed by atoms with Crippen LogP contribution in [0.3, 0.4) is 0 Å². The second kappa shape index (κ2) is 6.37. The van der Waals surface area contributed by atoms with Crippen LogP contribution >= 0.6 is 11.5 Å². The standard InChI is InChI=1S/C15H21N5O2S/c1-15(2,3)13-18-14(23-19-13)17-12(21)11-5-4-10(22-11)8-20-7-6-16-9-20/h6-7,9-11H,4-5,8H2,1-3H3,(H,17,18,19,21)/t10-,11+/m1/s1. The van der Waals surface area contributed by atoms with E-state index >= 15 is 0 Å². The van der Waals surface area contributed by atoms with E-state index in [1.165, 1.54) is 11.5 Å². The zero-order valence-electron chi connectivity index (χ0n) is 13.5. The van der Waals surface area contributed by atoms with Gasteiger partial charge in [-0.2, -0.15) is 4.37 Å². The first-order chi connectivity index (χ1) is 10.9. The van der Waals surface area contributed by atoms with E-state index in [9.17, 15) is 4.79 Å². The molecule has 1 saturated heterocycles. The summed E-state index contributed by atoms with van der Waals surface area (Å²) in [7, 11) is 0. The minimum Gasteiger partial charge on any atom is -0.363 e. The Balaban J connectivity index is 1.54. The first-order valence-corrected chi connectivity index (χ1v) is 8.45. The molecule has 8 heteroatoms. The Kier molecular flexibility index (Phi) is 4.45. The number of nitrogens with one attached hydrogen (secondary N) is 1. The third-order valence-corrected chi connectivity index (χ3v) is 4.33. The first kappa shape index (κ1) is 16.1. The summed E-state index contributed by atoms with van der Waals surface area (Å²) in [5, 5.41) is 3.35. The summed E-state index contributed by atoms with van der Waals surface area (Å²) in [5.41, 5.74) is -0.126. The molecule has 2 atom stereocenters. The summed E-state index contributed by atoms with van der Waals surface area (Å²) in [4.78, 5) is 20.7. The monoisotopic (exact) mass is 335 g/mol. The second-order valence-electron chi connectivity index (χ2n) is 6.75. The van der Waals surface area contributed by atoms with Gasteiger partial charge in [-0.25, -0.2) is 9.97 Å². The third kappa shape index (κ3) is 3.94. The van der Waals surface area contributed by atoms with Crippen molar-refractivity contribution >= 4 is 22.6 Å². The van der Waals surface area contributed by atoms with E-state index in [1.807, 2.05) is 31.5 Å². The molecule has 2 aromatic heterocycles. The number of carbonyl (C=O) groups excluding carboxylic acids is 1. The maximum absolute atomic E-state index is 12.3. The highest BCUT2D eigenvalue weighted by atomic mass is 32.1. The highest BCUT2D eigenvalue weighted by Gasteiger charge is 2.31. The Labute approximate surface area is 139 Å². The van der Waals surface area contributed by atoms with Gasteiger partial charge in [-0.3, -0.25) is 10.1 Å². The summed E-state index contributed by atoms with van der Waals surface area (Å²) in [6.07, 6.45) is 6.58. The Hall–Kier alpha value is -1.80. The van der Waals surface area contributed by atoms with Crippen LogP contribution in [-0.2, 0) is 21.5 Å². The SMILES string of the molecule is CC(C)(C)c1nsc(NC(=O)[C@@H]2CC[C@H](Cn3ccnc3)O2)n1. The molecule has 124 valence electrons. The van der Waals surface area contributed by atoms with Crippen molar-refractivity contribution in [3.05, 3.63) is 24.5 Å². The summed E-state index contributed by atoms with van der Waals surface area (Å²) < 4.78 is 12.1. The van der Waals surface area contributed by atoms with Crippen LogP contribution in [0, 0.1) is 0 Å². The predicted molar refractivity (Wildman–Crippen MR) is 87.4 cm³/mol. The van der Waals surface area contributed by atoms with E-state index in [1.54, 1.807) is 12.5 Å². The largest absolute Gasteiger partial charge is 0.363 e. The van der Waals surface area contributed by atoms with Gasteiger partial charge in [0.25, 0.3) is 5.91 Å². The van der Waals surface area contributed by atoms with Crippen LogP contribution in [0.5, 0.6) is 0 Å². The van der Waals surface area contributed by atoms with Gasteiger partial charge < -0.3 is 9.30 Å². The van der Waals surface area contributed by atoms with Gasteiger partial charge >= 0.3 is 0 Å². The molecule has 1 aliphatic rings. The van der Waals surface area contributed by atoms with Crippen molar-refractivity contribution in [2.45, 2.75) is 57.8 Å². The Bertz CT molecular complexity index is 662. The first-order valence-electron chi connectivity index (χ1n) is 7.68. The zero-order valence-corrected chi connectivity index (χ0v) is 14.3. The van der Waals surface area contributed by atoms with Gasteiger partial charge in [-0.05, 0) is 12.8 Å². The molecule has 0 radical (unpaired) electrons. The van der Waals surface area contributed by atoms with Gasteiger partial charge in [0.1, 0.15) is 11.9 Å². The van der Waals surface area contributed by atoms with Crippen molar-refractivity contribution in [3.63, 3.8) is 0 Å². The van der Waals surface area contributed by atoms with Crippen molar-refractivity contribution in [1.82, 2.24) is 18.9 Å². The molecular formula is C15H21N5O2S. The summed E-state index contributed by atoms with van der Waals surface area (Å²) >= 11 is 1.21. The van der Waals surface area contributed by atoms with Gasteiger partial charge in [0, 0.05) is 35.9 Å². The fourth-order valence-corrected chi connectivity index (χ4v) is 3.19. The van der Waals surface area contributed by atoms with E-state index in [2.05, 4.69) is 19.7 Å². The zero-order chi connectivity index (χ0) is 16.4. The fraction of sp³-hybridized carbons (Fsp3) is 0.600. The topological polar surface area (TPSA) is 81.9 Å². The minimum atomic E-state index is -0.425. The molecule has 1 aliphatic heterocycles. The maximum Gasteiger partial charge on any atom is 0.255 e. The molecule has 3 heterocycles. The molecule has 0 saturated carbocycles. The number of ether oxygens (including phenoxy) is 1. The van der Waals surface area contributed by atoms with Crippen molar-refractivity contribution in [2.75, 3.05) is 5.32 Å². The quantitative estimate of drug-likeness (QED) is 0.926. The molecule has 1 N–H and O–H groups in total. The smallest absolute Gasteiger partial charge is 0.255 e. The van der Waals surface area contributed by atoms with Gasteiger partial charge in [0.2, 0.25) is 5.13 Å². The number of aromatic nitrogens is 4. The average Bonchev–Trinajstić information content (AvgIpc) is 3.18. The van der Waals surface area contributed by atoms with Gasteiger partial charge in [0.05, 0.1) is 12.4 Å². The van der Waals surface area contributed by atoms with Crippen molar-refractivity contribution in [3.8, 4) is 0 Å². The molecule has 2 aromatic rings. The van der Waals surface area contributed by atoms with E-state index in [0.717, 1.165) is 25.2 Å². The number of anilines is 1. The average molecular weight is 335 g/mol. The van der Waals surface area contributed by atoms with Crippen LogP contribution in [0.15, 0.2) is 18.7 Å². The molecule has 23 heavy (non-hydrogen) atoms. The van der Waals surface area contributed by atoms with E-state index in [0.29, 0.717) is 5.13 Å². The molecule has 0 bridgehead atoms. The minimum absolute atomic E-state index is 0.0412. The van der Waals surface area contributed by atoms with E-state index < -0.39 is 6.10 Å². The van der Waals surface area contributed by atoms with Crippen LogP contribution in [0.25, 0.3) is 0 Å². The summed E-state index contributed by atoms with van der Waals surface area (Å²) in [5.74, 6) is 0.595. The van der Waals surface area contributed by atoms with Gasteiger partial charge in [0.15, 0.2) is 0 Å². The lowest BCUT2D eigenvalue weighted by molar-refractivity contribution is -0.126. The van der Waals surface area contributed by atoms with Crippen molar-refractivity contribution in [1.29, 1.82) is 0 Å². The lowest BCUT2D eigenvalue weighted by Gasteiger charge is -2.14. The molecule has 0 aliphatic carbocycles. The highest BCUT2D eigenvalue weighted by molar-refractivity contribution is 7.09. The number of carbonyl (C=O) groups is 1. The molecule has 0 aromatic carbocycles. The number of amides is 1. The Morgan fingerprint density at radius 2 is 2.30 bits per heavy atom. The van der Waals surface area contributed by atoms with Crippen LogP contribution in [-0.4, -0.2) is 37.0 Å². The lowest BCUT2D eigenvalue weighted by atomic mass is 9.96. The second-order valence-corrected chi connectivity index (χ2v) is 7.50. The number of hydrogen-bond donors (Lipinski definition) is 1. The van der Waals surface area contributed by atoms with Gasteiger partial charge in [-0.15, -0.1) is 0 Å². The molecule has 7 nitrogen and oxygen atoms in total.